The van der Waals surface area contributed by atoms with E-state index in [-0.39, 0.29) is 41.3 Å². The number of carbonyl (C=O) groups is 1. The largest absolute Gasteiger partial charge is 0.494 e. The van der Waals surface area contributed by atoms with E-state index in [2.05, 4.69) is 5.32 Å². The first-order chi connectivity index (χ1) is 15.5. The first-order valence-corrected chi connectivity index (χ1v) is 13.6. The van der Waals surface area contributed by atoms with Gasteiger partial charge in [0.25, 0.3) is 0 Å². The second-order valence-electron chi connectivity index (χ2n) is 7.95. The Hall–Kier alpha value is -2.47. The fourth-order valence-electron chi connectivity index (χ4n) is 3.74. The number of ether oxygens (including phenoxy) is 1. The minimum Gasteiger partial charge on any atom is -0.494 e. The van der Waals surface area contributed by atoms with E-state index in [0.29, 0.717) is 25.2 Å². The molecule has 2 aromatic carbocycles. The summed E-state index contributed by atoms with van der Waals surface area (Å²) < 4.78 is 55.6. The average Bonchev–Trinajstić information content (AvgIpc) is 2.78. The second-order valence-corrected chi connectivity index (χ2v) is 11.4. The molecule has 0 bridgehead atoms. The van der Waals surface area contributed by atoms with Crippen molar-refractivity contribution >= 4 is 26.0 Å². The third-order valence-electron chi connectivity index (χ3n) is 5.63. The van der Waals surface area contributed by atoms with Gasteiger partial charge in [-0.15, -0.1) is 0 Å². The molecule has 1 aliphatic rings. The molecule has 3 rings (SSSR count). The number of piperidine rings is 1. The summed E-state index contributed by atoms with van der Waals surface area (Å²) in [5, 5.41) is 7.92. The molecule has 33 heavy (non-hydrogen) atoms. The number of primary sulfonamides is 1. The van der Waals surface area contributed by atoms with Crippen molar-refractivity contribution in [1.82, 2.24) is 9.62 Å². The van der Waals surface area contributed by atoms with Crippen molar-refractivity contribution in [3.05, 3.63) is 53.6 Å². The predicted molar refractivity (Wildman–Crippen MR) is 123 cm³/mol. The molecule has 3 N–H and O–H groups in total. The quantitative estimate of drug-likeness (QED) is 0.573. The number of sulfonamides is 2. The van der Waals surface area contributed by atoms with Crippen LogP contribution in [-0.4, -0.2) is 46.7 Å². The highest BCUT2D eigenvalue weighted by Crippen LogP contribution is 2.27. The van der Waals surface area contributed by atoms with Gasteiger partial charge in [-0.1, -0.05) is 12.1 Å². The molecule has 0 radical (unpaired) electrons. The monoisotopic (exact) mass is 495 g/mol. The molecule has 1 fully saturated rings. The van der Waals surface area contributed by atoms with Crippen LogP contribution in [0.5, 0.6) is 5.75 Å². The van der Waals surface area contributed by atoms with E-state index in [9.17, 15) is 21.6 Å². The second kappa shape index (κ2) is 10.2. The molecule has 1 heterocycles. The Morgan fingerprint density at radius 3 is 2.21 bits per heavy atom. The van der Waals surface area contributed by atoms with Gasteiger partial charge in [-0.25, -0.2) is 22.0 Å². The fourth-order valence-corrected chi connectivity index (χ4v) is 5.81. The minimum atomic E-state index is -3.76. The number of nitrogens with one attached hydrogen (secondary N) is 1. The predicted octanol–water partition coefficient (Wildman–Crippen LogP) is 1.76. The van der Waals surface area contributed by atoms with Gasteiger partial charge in [0.05, 0.1) is 16.4 Å². The Morgan fingerprint density at radius 1 is 1.06 bits per heavy atom. The normalized spacial score (nSPS) is 15.8. The van der Waals surface area contributed by atoms with Crippen molar-refractivity contribution in [2.24, 2.45) is 11.1 Å². The van der Waals surface area contributed by atoms with Crippen LogP contribution in [0.15, 0.2) is 52.3 Å². The summed E-state index contributed by atoms with van der Waals surface area (Å²) in [5.74, 6) is 0.216. The Morgan fingerprint density at radius 2 is 1.67 bits per heavy atom. The van der Waals surface area contributed by atoms with E-state index >= 15 is 0 Å². The lowest BCUT2D eigenvalue weighted by Gasteiger charge is -2.30. The van der Waals surface area contributed by atoms with Crippen LogP contribution in [0.3, 0.4) is 0 Å². The van der Waals surface area contributed by atoms with Crippen LogP contribution in [0, 0.1) is 12.8 Å². The van der Waals surface area contributed by atoms with Crippen LogP contribution < -0.4 is 15.2 Å². The molecule has 180 valence electrons. The van der Waals surface area contributed by atoms with Gasteiger partial charge in [-0.3, -0.25) is 4.79 Å². The van der Waals surface area contributed by atoms with Gasteiger partial charge >= 0.3 is 0 Å². The van der Waals surface area contributed by atoms with E-state index in [1.807, 2.05) is 13.8 Å². The Bertz CT molecular complexity index is 1200. The summed E-state index contributed by atoms with van der Waals surface area (Å²) in [6.45, 7) is 4.94. The number of amides is 1. The highest BCUT2D eigenvalue weighted by Gasteiger charge is 2.32. The lowest BCUT2D eigenvalue weighted by molar-refractivity contribution is -0.126. The topological polar surface area (TPSA) is 136 Å². The number of benzene rings is 2. The molecule has 2 aromatic rings. The maximum atomic E-state index is 13.0. The molecule has 0 spiro atoms. The molecule has 1 amide bonds. The number of carbonyl (C=O) groups excluding carboxylic acids is 1. The van der Waals surface area contributed by atoms with E-state index in [1.165, 1.54) is 16.4 Å². The molecule has 11 heteroatoms. The summed E-state index contributed by atoms with van der Waals surface area (Å²) in [5.41, 5.74) is 1.49. The van der Waals surface area contributed by atoms with Crippen LogP contribution in [0.1, 0.15) is 30.9 Å². The Labute approximate surface area is 195 Å². The van der Waals surface area contributed by atoms with Crippen molar-refractivity contribution in [1.29, 1.82) is 0 Å². The summed E-state index contributed by atoms with van der Waals surface area (Å²) in [4.78, 5) is 12.8. The van der Waals surface area contributed by atoms with Crippen LogP contribution in [0.2, 0.25) is 0 Å². The molecule has 0 unspecified atom stereocenters. The first kappa shape index (κ1) is 25.2. The van der Waals surface area contributed by atoms with Crippen molar-refractivity contribution < 1.29 is 26.4 Å². The number of hydrogen-bond donors (Lipinski definition) is 2. The van der Waals surface area contributed by atoms with Gasteiger partial charge in [-0.2, -0.15) is 4.31 Å². The highest BCUT2D eigenvalue weighted by molar-refractivity contribution is 7.89. The highest BCUT2D eigenvalue weighted by atomic mass is 32.2. The SMILES string of the molecule is CCOc1ccc(S(=O)(=O)N2CCC(C(=O)NCc3ccc(S(N)(=O)=O)cc3)CC2)cc1C. The molecule has 0 aromatic heterocycles. The fraction of sp³-hybridized carbons (Fsp3) is 0.409. The van der Waals surface area contributed by atoms with Crippen molar-refractivity contribution in [2.75, 3.05) is 19.7 Å². The zero-order chi connectivity index (χ0) is 24.2. The van der Waals surface area contributed by atoms with Gasteiger partial charge in [0, 0.05) is 25.6 Å². The van der Waals surface area contributed by atoms with Crippen LogP contribution in [0.25, 0.3) is 0 Å². The van der Waals surface area contributed by atoms with E-state index in [1.54, 1.807) is 30.3 Å². The van der Waals surface area contributed by atoms with Crippen LogP contribution in [-0.2, 0) is 31.4 Å². The molecular weight excluding hydrogens is 466 g/mol. The maximum absolute atomic E-state index is 13.0. The third-order valence-corrected chi connectivity index (χ3v) is 8.45. The molecule has 9 nitrogen and oxygen atoms in total. The molecular formula is C22H29N3O6S2. The van der Waals surface area contributed by atoms with Gasteiger partial charge in [0.15, 0.2) is 0 Å². The van der Waals surface area contributed by atoms with Gasteiger partial charge in [0.2, 0.25) is 26.0 Å². The first-order valence-electron chi connectivity index (χ1n) is 10.7. The van der Waals surface area contributed by atoms with E-state index in [4.69, 9.17) is 9.88 Å². The average molecular weight is 496 g/mol. The van der Waals surface area contributed by atoms with Gasteiger partial charge in [0.1, 0.15) is 5.75 Å². The van der Waals surface area contributed by atoms with E-state index in [0.717, 1.165) is 11.1 Å². The number of hydrogen-bond acceptors (Lipinski definition) is 6. The molecule has 1 saturated heterocycles. The number of rotatable bonds is 8. The van der Waals surface area contributed by atoms with Crippen molar-refractivity contribution in [3.8, 4) is 5.75 Å². The zero-order valence-corrected chi connectivity index (χ0v) is 20.3. The lowest BCUT2D eigenvalue weighted by atomic mass is 9.97. The summed E-state index contributed by atoms with van der Waals surface area (Å²) in [6, 6.07) is 10.8. The number of nitrogens with two attached hydrogens (primary N) is 1. The minimum absolute atomic E-state index is 0.00822. The van der Waals surface area contributed by atoms with Crippen molar-refractivity contribution in [2.45, 2.75) is 43.0 Å². The summed E-state index contributed by atoms with van der Waals surface area (Å²) in [6.07, 6.45) is 0.844. The standard InChI is InChI=1S/C22H29N3O6S2/c1-3-31-21-9-8-20(14-16(21)2)33(29,30)25-12-10-18(11-13-25)22(26)24-15-17-4-6-19(7-5-17)32(23,27)28/h4-9,14,18H,3,10-13,15H2,1-2H3,(H,24,26)(H2,23,27,28). The van der Waals surface area contributed by atoms with Crippen LogP contribution in [0.4, 0.5) is 0 Å². The number of aryl methyl sites for hydroxylation is 1. The third kappa shape index (κ3) is 6.11. The van der Waals surface area contributed by atoms with Gasteiger partial charge < -0.3 is 10.1 Å². The molecule has 0 atom stereocenters. The zero-order valence-electron chi connectivity index (χ0n) is 18.7. The summed E-state index contributed by atoms with van der Waals surface area (Å²) in [7, 11) is -7.41. The smallest absolute Gasteiger partial charge is 0.243 e. The maximum Gasteiger partial charge on any atom is 0.243 e. The Balaban J connectivity index is 1.55. The molecule has 1 aliphatic heterocycles. The number of nitrogens with zero attached hydrogens (tertiary/aromatic N) is 1. The lowest BCUT2D eigenvalue weighted by Crippen LogP contribution is -2.42. The molecule has 0 aliphatic carbocycles. The van der Waals surface area contributed by atoms with Gasteiger partial charge in [-0.05, 0) is 68.1 Å². The van der Waals surface area contributed by atoms with E-state index < -0.39 is 20.0 Å². The van der Waals surface area contributed by atoms with Crippen molar-refractivity contribution in [3.63, 3.8) is 0 Å². The van der Waals surface area contributed by atoms with Crippen LogP contribution >= 0.6 is 0 Å². The summed E-state index contributed by atoms with van der Waals surface area (Å²) >= 11 is 0. The Kier molecular flexibility index (Phi) is 7.78. The molecule has 0 saturated carbocycles.